The van der Waals surface area contributed by atoms with Crippen LogP contribution in [0.5, 0.6) is 5.75 Å². The summed E-state index contributed by atoms with van der Waals surface area (Å²) in [7, 11) is 1.31. The minimum Gasteiger partial charge on any atom is -0.493 e. The number of anilines is 1. The van der Waals surface area contributed by atoms with E-state index in [9.17, 15) is 9.59 Å². The first-order valence-electron chi connectivity index (χ1n) is 11.0. The molecule has 0 fully saturated rings. The third kappa shape index (κ3) is 4.82. The lowest BCUT2D eigenvalue weighted by Crippen LogP contribution is -2.13. The van der Waals surface area contributed by atoms with Gasteiger partial charge in [0.25, 0.3) is 0 Å². The first-order valence-corrected chi connectivity index (χ1v) is 11.8. The number of carbonyl (C=O) groups is 2. The average molecular weight is 479 g/mol. The van der Waals surface area contributed by atoms with Gasteiger partial charge in [-0.05, 0) is 50.5 Å². The third-order valence-corrected chi connectivity index (χ3v) is 6.49. The molecule has 34 heavy (non-hydrogen) atoms. The van der Waals surface area contributed by atoms with E-state index in [0.29, 0.717) is 29.4 Å². The van der Waals surface area contributed by atoms with Crippen LogP contribution in [0.25, 0.3) is 20.8 Å². The number of para-hydroxylation sites is 2. The molecule has 1 amide bonds. The Morgan fingerprint density at radius 1 is 1.06 bits per heavy atom. The van der Waals surface area contributed by atoms with Crippen LogP contribution >= 0.6 is 11.3 Å². The van der Waals surface area contributed by atoms with Crippen LogP contribution in [0.2, 0.25) is 0 Å². The number of benzene rings is 2. The lowest BCUT2D eigenvalue weighted by atomic mass is 10.1. The Morgan fingerprint density at radius 3 is 2.50 bits per heavy atom. The molecule has 2 heterocycles. The molecule has 0 saturated heterocycles. The number of furan rings is 1. The maximum atomic E-state index is 12.7. The van der Waals surface area contributed by atoms with Crippen molar-refractivity contribution in [1.29, 1.82) is 0 Å². The highest BCUT2D eigenvalue weighted by Gasteiger charge is 2.28. The van der Waals surface area contributed by atoms with Crippen molar-refractivity contribution >= 4 is 39.3 Å². The monoisotopic (exact) mass is 478 g/mol. The minimum absolute atomic E-state index is 0.192. The van der Waals surface area contributed by atoms with Gasteiger partial charge in [-0.2, -0.15) is 0 Å². The second-order valence-electron chi connectivity index (χ2n) is 7.94. The number of hydrogen-bond donors (Lipinski definition) is 1. The van der Waals surface area contributed by atoms with Gasteiger partial charge < -0.3 is 13.9 Å². The number of nitrogens with one attached hydrogen (secondary N) is 1. The summed E-state index contributed by atoms with van der Waals surface area (Å²) in [4.78, 5) is 29.9. The first kappa shape index (κ1) is 23.5. The van der Waals surface area contributed by atoms with Crippen molar-refractivity contribution in [2.24, 2.45) is 0 Å². The summed E-state index contributed by atoms with van der Waals surface area (Å²) in [5.41, 5.74) is 3.62. The van der Waals surface area contributed by atoms with E-state index in [0.717, 1.165) is 27.1 Å². The van der Waals surface area contributed by atoms with E-state index < -0.39 is 5.97 Å². The van der Waals surface area contributed by atoms with Gasteiger partial charge in [-0.15, -0.1) is 11.3 Å². The molecule has 0 saturated carbocycles. The molecule has 4 rings (SSSR count). The summed E-state index contributed by atoms with van der Waals surface area (Å²) in [6.07, 6.45) is 0.761. The molecule has 7 nitrogen and oxygen atoms in total. The summed E-state index contributed by atoms with van der Waals surface area (Å²) < 4.78 is 17.6. The van der Waals surface area contributed by atoms with Gasteiger partial charge in [0.05, 0.1) is 29.5 Å². The summed E-state index contributed by atoms with van der Waals surface area (Å²) in [5, 5.41) is 3.39. The van der Waals surface area contributed by atoms with Crippen LogP contribution in [0, 0.1) is 20.8 Å². The molecule has 0 radical (unpaired) electrons. The van der Waals surface area contributed by atoms with Gasteiger partial charge in [0.15, 0.2) is 0 Å². The van der Waals surface area contributed by atoms with Crippen molar-refractivity contribution in [3.05, 3.63) is 64.9 Å². The molecule has 2 aromatic heterocycles. The lowest BCUT2D eigenvalue weighted by molar-refractivity contribution is -0.116. The van der Waals surface area contributed by atoms with E-state index >= 15 is 0 Å². The van der Waals surface area contributed by atoms with E-state index in [2.05, 4.69) is 10.3 Å². The maximum Gasteiger partial charge on any atom is 0.342 e. The molecule has 0 atom stereocenters. The Morgan fingerprint density at radius 2 is 1.79 bits per heavy atom. The normalized spacial score (nSPS) is 10.9. The van der Waals surface area contributed by atoms with Gasteiger partial charge in [0.1, 0.15) is 22.1 Å². The zero-order valence-corrected chi connectivity index (χ0v) is 20.4. The zero-order valence-electron chi connectivity index (χ0n) is 19.6. The molecule has 2 aromatic carbocycles. The van der Waals surface area contributed by atoms with E-state index in [1.807, 2.05) is 56.3 Å². The quantitative estimate of drug-likeness (QED) is 0.244. The summed E-state index contributed by atoms with van der Waals surface area (Å²) in [6.45, 7) is 6.07. The maximum absolute atomic E-state index is 12.7. The highest BCUT2D eigenvalue weighted by Crippen LogP contribution is 2.40. The number of carbonyl (C=O) groups excluding carboxylic acids is 2. The molecule has 176 valence electrons. The smallest absolute Gasteiger partial charge is 0.342 e. The van der Waals surface area contributed by atoms with Gasteiger partial charge in [-0.25, -0.2) is 9.78 Å². The first-order chi connectivity index (χ1) is 16.4. The second kappa shape index (κ2) is 10.1. The van der Waals surface area contributed by atoms with E-state index in [-0.39, 0.29) is 23.8 Å². The van der Waals surface area contributed by atoms with E-state index in [1.54, 1.807) is 6.92 Å². The van der Waals surface area contributed by atoms with Gasteiger partial charge in [-0.3, -0.25) is 10.1 Å². The van der Waals surface area contributed by atoms with Crippen LogP contribution in [-0.4, -0.2) is 30.6 Å². The van der Waals surface area contributed by atoms with E-state index in [4.69, 9.17) is 13.9 Å². The number of thiazole rings is 1. The Bertz CT molecular complexity index is 1300. The SMILES string of the molecule is COC(=O)c1c(C)oc(NC(=O)CCCOc2c(C)cccc2C)c1-c1nc2ccccc2s1. The van der Waals surface area contributed by atoms with Crippen molar-refractivity contribution in [1.82, 2.24) is 4.98 Å². The highest BCUT2D eigenvalue weighted by atomic mass is 32.1. The number of aromatic nitrogens is 1. The fourth-order valence-corrected chi connectivity index (χ4v) is 4.80. The molecule has 0 aliphatic carbocycles. The molecule has 0 aliphatic rings. The lowest BCUT2D eigenvalue weighted by Gasteiger charge is -2.11. The van der Waals surface area contributed by atoms with Gasteiger partial charge >= 0.3 is 5.97 Å². The second-order valence-corrected chi connectivity index (χ2v) is 8.97. The Hall–Kier alpha value is -3.65. The van der Waals surface area contributed by atoms with Crippen LogP contribution in [0.4, 0.5) is 5.88 Å². The number of hydrogen-bond acceptors (Lipinski definition) is 7. The average Bonchev–Trinajstić information content (AvgIpc) is 3.38. The molecule has 0 aliphatic heterocycles. The largest absolute Gasteiger partial charge is 0.493 e. The topological polar surface area (TPSA) is 90.7 Å². The van der Waals surface area contributed by atoms with Crippen LogP contribution < -0.4 is 10.1 Å². The van der Waals surface area contributed by atoms with Crippen LogP contribution in [-0.2, 0) is 9.53 Å². The third-order valence-electron chi connectivity index (χ3n) is 5.44. The Kier molecular flexibility index (Phi) is 6.98. The van der Waals surface area contributed by atoms with Crippen LogP contribution in [0.1, 0.15) is 40.1 Å². The van der Waals surface area contributed by atoms with Crippen molar-refractivity contribution < 1.29 is 23.5 Å². The number of esters is 1. The summed E-state index contributed by atoms with van der Waals surface area (Å²) in [5.74, 6) is 0.619. The fraction of sp³-hybridized carbons (Fsp3) is 0.269. The molecule has 0 unspecified atom stereocenters. The van der Waals surface area contributed by atoms with Gasteiger partial charge in [0, 0.05) is 6.42 Å². The molecular weight excluding hydrogens is 452 g/mol. The van der Waals surface area contributed by atoms with Crippen molar-refractivity contribution in [3.63, 3.8) is 0 Å². The van der Waals surface area contributed by atoms with E-state index in [1.165, 1.54) is 18.4 Å². The predicted octanol–water partition coefficient (Wildman–Crippen LogP) is 6.07. The van der Waals surface area contributed by atoms with Crippen LogP contribution in [0.15, 0.2) is 46.9 Å². The minimum atomic E-state index is -0.544. The zero-order chi connectivity index (χ0) is 24.2. The number of rotatable bonds is 8. The molecule has 0 spiro atoms. The number of aryl methyl sites for hydroxylation is 3. The summed E-state index contributed by atoms with van der Waals surface area (Å²) >= 11 is 1.42. The molecule has 1 N–H and O–H groups in total. The number of amides is 1. The van der Waals surface area contributed by atoms with Crippen LogP contribution in [0.3, 0.4) is 0 Å². The Balaban J connectivity index is 1.51. The van der Waals surface area contributed by atoms with Gasteiger partial charge in [-0.1, -0.05) is 30.3 Å². The van der Waals surface area contributed by atoms with Crippen molar-refractivity contribution in [2.75, 3.05) is 19.0 Å². The Labute approximate surface area is 201 Å². The fourth-order valence-electron chi connectivity index (χ4n) is 3.79. The molecular formula is C26H26N2O5S. The standard InChI is InChI=1S/C26H26N2O5S/c1-15-9-7-10-16(2)23(15)32-14-8-13-20(29)28-24-22(21(17(3)33-24)26(30)31-4)25-27-18-11-5-6-12-19(18)34-25/h5-7,9-12H,8,13-14H2,1-4H3,(H,28,29). The summed E-state index contributed by atoms with van der Waals surface area (Å²) in [6, 6.07) is 13.7. The number of nitrogens with zero attached hydrogens (tertiary/aromatic N) is 1. The number of fused-ring (bicyclic) bond motifs is 1. The molecule has 4 aromatic rings. The van der Waals surface area contributed by atoms with Crippen molar-refractivity contribution in [2.45, 2.75) is 33.6 Å². The molecule has 0 bridgehead atoms. The number of methoxy groups -OCH3 is 1. The van der Waals surface area contributed by atoms with Gasteiger partial charge in [0.2, 0.25) is 11.8 Å². The van der Waals surface area contributed by atoms with Crippen molar-refractivity contribution in [3.8, 4) is 16.3 Å². The highest BCUT2D eigenvalue weighted by molar-refractivity contribution is 7.21. The predicted molar refractivity (Wildman–Crippen MR) is 133 cm³/mol. The molecule has 8 heteroatoms. The number of ether oxygens (including phenoxy) is 2.